The van der Waals surface area contributed by atoms with Crippen LogP contribution in [-0.2, 0) is 35.6 Å². The van der Waals surface area contributed by atoms with Crippen LogP contribution in [0, 0.1) is 0 Å². The van der Waals surface area contributed by atoms with Crippen LogP contribution in [0.2, 0.25) is 0 Å². The lowest BCUT2D eigenvalue weighted by Crippen LogP contribution is -2.75. The molecule has 156 valence electrons. The van der Waals surface area contributed by atoms with Crippen molar-refractivity contribution in [2.45, 2.75) is 31.1 Å². The molecule has 3 rings (SSSR count). The Kier molecular flexibility index (Phi) is 5.15. The van der Waals surface area contributed by atoms with Crippen LogP contribution < -0.4 is 5.32 Å². The molecule has 2 aliphatic heterocycles. The number of alkyl halides is 3. The summed E-state index contributed by atoms with van der Waals surface area (Å²) in [5.74, 6) is -5.22. The molecule has 2 aliphatic rings. The number of hydrogen-bond donors (Lipinski definition) is 1. The summed E-state index contributed by atoms with van der Waals surface area (Å²) < 4.78 is 67.3. The zero-order chi connectivity index (χ0) is 21.6. The highest BCUT2D eigenvalue weighted by Gasteiger charge is 2.61. The Hall–Kier alpha value is -2.89. The Morgan fingerprint density at radius 3 is 2.45 bits per heavy atom. The monoisotopic (exact) mass is 432 g/mol. The van der Waals surface area contributed by atoms with E-state index in [4.69, 9.17) is 4.74 Å². The molecule has 1 aromatic rings. The van der Waals surface area contributed by atoms with Crippen LogP contribution in [0.3, 0.4) is 0 Å². The van der Waals surface area contributed by atoms with E-state index in [0.717, 1.165) is 0 Å². The van der Waals surface area contributed by atoms with Crippen LogP contribution in [0.1, 0.15) is 12.5 Å². The number of benzene rings is 1. The first-order valence-corrected chi connectivity index (χ1v) is 9.98. The maximum Gasteiger partial charge on any atom is 0.471 e. The lowest BCUT2D eigenvalue weighted by atomic mass is 10.0. The fourth-order valence-corrected chi connectivity index (χ4v) is 5.19. The highest BCUT2D eigenvalue weighted by Crippen LogP contribution is 2.37. The Morgan fingerprint density at radius 1 is 1.24 bits per heavy atom. The lowest BCUT2D eigenvalue weighted by molar-refractivity contribution is -0.177. The molecule has 0 aliphatic carbocycles. The molecule has 12 heteroatoms. The number of carbonyl (C=O) groups excluding carboxylic acids is 3. The molecule has 0 radical (unpaired) electrons. The number of rotatable bonds is 4. The molecule has 1 saturated heterocycles. The van der Waals surface area contributed by atoms with Crippen molar-refractivity contribution in [1.29, 1.82) is 0 Å². The van der Waals surface area contributed by atoms with Crippen molar-refractivity contribution in [3.05, 3.63) is 47.2 Å². The Balaban J connectivity index is 1.82. The molecular formula is C17H15F3N2O6S. The minimum absolute atomic E-state index is 0.0215. The van der Waals surface area contributed by atoms with E-state index < -0.39 is 51.0 Å². The van der Waals surface area contributed by atoms with Gasteiger partial charge in [-0.05, 0) is 18.1 Å². The van der Waals surface area contributed by atoms with Crippen molar-refractivity contribution in [2.75, 3.05) is 5.75 Å². The van der Waals surface area contributed by atoms with Gasteiger partial charge in [0.25, 0.3) is 5.91 Å². The third-order valence-electron chi connectivity index (χ3n) is 4.42. The van der Waals surface area contributed by atoms with E-state index in [2.05, 4.69) is 0 Å². The van der Waals surface area contributed by atoms with Gasteiger partial charge in [0.1, 0.15) is 18.3 Å². The first-order valence-electron chi connectivity index (χ1n) is 8.26. The van der Waals surface area contributed by atoms with E-state index in [1.54, 1.807) is 30.3 Å². The largest absolute Gasteiger partial charge is 0.471 e. The normalized spacial score (nSPS) is 23.2. The van der Waals surface area contributed by atoms with E-state index in [1.807, 2.05) is 0 Å². The highest BCUT2D eigenvalue weighted by atomic mass is 32.2. The Morgan fingerprint density at radius 2 is 1.86 bits per heavy atom. The smallest absolute Gasteiger partial charge is 0.456 e. The van der Waals surface area contributed by atoms with E-state index >= 15 is 0 Å². The van der Waals surface area contributed by atoms with Crippen LogP contribution in [0.25, 0.3) is 0 Å². The number of halogens is 3. The summed E-state index contributed by atoms with van der Waals surface area (Å²) in [5.41, 5.74) is 0.320. The van der Waals surface area contributed by atoms with Crippen LogP contribution in [-0.4, -0.2) is 54.4 Å². The molecule has 1 aromatic carbocycles. The van der Waals surface area contributed by atoms with Crippen molar-refractivity contribution in [3.63, 3.8) is 0 Å². The average molecular weight is 432 g/mol. The quantitative estimate of drug-likeness (QED) is 0.553. The lowest BCUT2D eigenvalue weighted by Gasteiger charge is -2.49. The Bertz CT molecular complexity index is 1000. The number of fused-ring (bicyclic) bond motifs is 1. The van der Waals surface area contributed by atoms with Gasteiger partial charge in [-0.2, -0.15) is 13.2 Å². The van der Waals surface area contributed by atoms with Crippen molar-refractivity contribution in [1.82, 2.24) is 10.2 Å². The van der Waals surface area contributed by atoms with Gasteiger partial charge in [-0.25, -0.2) is 13.2 Å². The third kappa shape index (κ3) is 3.84. The number of nitrogens with one attached hydrogen (secondary N) is 1. The van der Waals surface area contributed by atoms with Crippen molar-refractivity contribution in [2.24, 2.45) is 0 Å². The number of amides is 2. The summed E-state index contributed by atoms with van der Waals surface area (Å²) in [5, 5.41) is -0.418. The average Bonchev–Trinajstić information content (AvgIpc) is 2.63. The van der Waals surface area contributed by atoms with Crippen LogP contribution in [0.5, 0.6) is 0 Å². The van der Waals surface area contributed by atoms with Gasteiger partial charge < -0.3 is 10.1 Å². The van der Waals surface area contributed by atoms with Gasteiger partial charge in [0, 0.05) is 0 Å². The van der Waals surface area contributed by atoms with Gasteiger partial charge in [0.2, 0.25) is 0 Å². The molecule has 1 N–H and O–H groups in total. The molecule has 0 saturated carbocycles. The van der Waals surface area contributed by atoms with Gasteiger partial charge >= 0.3 is 18.1 Å². The molecule has 29 heavy (non-hydrogen) atoms. The third-order valence-corrected chi connectivity index (χ3v) is 6.48. The van der Waals surface area contributed by atoms with Crippen LogP contribution in [0.15, 0.2) is 41.6 Å². The van der Waals surface area contributed by atoms with Crippen LogP contribution >= 0.6 is 0 Å². The number of hydrogen-bond acceptors (Lipinski definition) is 6. The molecule has 0 spiro atoms. The minimum Gasteiger partial charge on any atom is -0.456 e. The fraction of sp³-hybridized carbons (Fsp3) is 0.353. The van der Waals surface area contributed by atoms with Gasteiger partial charge in [0.15, 0.2) is 15.2 Å². The fourth-order valence-electron chi connectivity index (χ4n) is 3.15. The molecule has 2 heterocycles. The second-order valence-corrected chi connectivity index (χ2v) is 8.64. The van der Waals surface area contributed by atoms with Gasteiger partial charge in [-0.15, -0.1) is 0 Å². The molecule has 2 atom stereocenters. The van der Waals surface area contributed by atoms with Crippen molar-refractivity contribution in [3.8, 4) is 0 Å². The van der Waals surface area contributed by atoms with Crippen LogP contribution in [0.4, 0.5) is 13.2 Å². The van der Waals surface area contributed by atoms with E-state index in [9.17, 15) is 36.0 Å². The molecule has 0 aromatic heterocycles. The molecule has 2 amide bonds. The van der Waals surface area contributed by atoms with E-state index in [-0.39, 0.29) is 17.9 Å². The number of nitrogens with zero attached hydrogens (tertiary/aromatic N) is 1. The first-order chi connectivity index (χ1) is 13.4. The number of esters is 1. The maximum atomic E-state index is 12.5. The molecule has 0 bridgehead atoms. The molecular weight excluding hydrogens is 417 g/mol. The van der Waals surface area contributed by atoms with E-state index in [0.29, 0.717) is 10.5 Å². The summed E-state index contributed by atoms with van der Waals surface area (Å²) in [4.78, 5) is 36.5. The second-order valence-electron chi connectivity index (χ2n) is 6.55. The summed E-state index contributed by atoms with van der Waals surface area (Å²) in [6.07, 6.45) is -5.29. The van der Waals surface area contributed by atoms with E-state index in [1.165, 1.54) is 12.2 Å². The molecule has 8 nitrogen and oxygen atoms in total. The predicted octanol–water partition coefficient (Wildman–Crippen LogP) is 0.648. The highest BCUT2D eigenvalue weighted by molar-refractivity contribution is 7.92. The zero-order valence-corrected chi connectivity index (χ0v) is 15.7. The zero-order valence-electron chi connectivity index (χ0n) is 14.9. The van der Waals surface area contributed by atoms with Crippen molar-refractivity contribution >= 4 is 27.6 Å². The number of β-lactam (4-membered cyclic amide) rings is 1. The SMILES string of the molecule is CC1=C(C(=O)OCc2ccccc2)N2C(=O)[C@@H](NC(=O)C(F)(F)F)C2S(=O)(=O)C1. The summed E-state index contributed by atoms with van der Waals surface area (Å²) >= 11 is 0. The number of ether oxygens (including phenoxy) is 1. The van der Waals surface area contributed by atoms with Crippen molar-refractivity contribution < 1.29 is 40.7 Å². The topological polar surface area (TPSA) is 110 Å². The van der Waals surface area contributed by atoms with Gasteiger partial charge in [0.05, 0.1) is 5.75 Å². The first kappa shape index (κ1) is 20.8. The second kappa shape index (κ2) is 7.17. The summed E-state index contributed by atoms with van der Waals surface area (Å²) in [7, 11) is -4.12. The molecule has 1 unspecified atom stereocenters. The summed E-state index contributed by atoms with van der Waals surface area (Å²) in [6, 6.07) is 6.61. The minimum atomic E-state index is -5.29. The number of sulfone groups is 1. The number of carbonyl (C=O) groups is 3. The summed E-state index contributed by atoms with van der Waals surface area (Å²) in [6.45, 7) is 1.16. The standard InChI is InChI=1S/C17H15F3N2O6S/c1-9-8-29(26,27)14-11(21-16(25)17(18,19)20)13(23)22(14)12(9)15(24)28-7-10-5-3-2-4-6-10/h2-6,11,14H,7-8H2,1H3,(H,21,25)/t11-,14?/m1/s1. The maximum absolute atomic E-state index is 12.5. The van der Waals surface area contributed by atoms with Gasteiger partial charge in [-0.1, -0.05) is 30.3 Å². The van der Waals surface area contributed by atoms with Gasteiger partial charge in [-0.3, -0.25) is 14.5 Å². The predicted molar refractivity (Wildman–Crippen MR) is 91.3 cm³/mol. The molecule has 1 fully saturated rings. The Labute approximate surface area is 163 Å².